The molecule has 0 amide bonds. The van der Waals surface area contributed by atoms with Gasteiger partial charge in [0.05, 0.1) is 6.54 Å². The number of pyridine rings is 1. The van der Waals surface area contributed by atoms with Crippen LogP contribution in [0.25, 0.3) is 0 Å². The summed E-state index contributed by atoms with van der Waals surface area (Å²) in [5.41, 5.74) is 0.616. The fraction of sp³-hybridized carbons (Fsp3) is 0.200. The van der Waals surface area contributed by atoms with E-state index in [1.54, 1.807) is 6.07 Å². The highest BCUT2D eigenvalue weighted by Gasteiger charge is 2.03. The Morgan fingerprint density at radius 1 is 1.53 bits per heavy atom. The molecule has 0 saturated carbocycles. The fourth-order valence-electron chi connectivity index (χ4n) is 0.922. The van der Waals surface area contributed by atoms with E-state index in [-0.39, 0.29) is 12.3 Å². The second-order valence-electron chi connectivity index (χ2n) is 2.60. The topological polar surface area (TPSA) is 82.5 Å². The summed E-state index contributed by atoms with van der Waals surface area (Å²) in [6.45, 7) is 0.169. The molecule has 0 unspecified atom stereocenters. The number of nitrogens with one attached hydrogen (secondary N) is 1. The summed E-state index contributed by atoms with van der Waals surface area (Å²) >= 11 is 0. The Bertz CT molecular complexity index is 407. The number of rotatable bonds is 3. The average Bonchev–Trinajstić information content (AvgIpc) is 2.25. The molecule has 15 heavy (non-hydrogen) atoms. The van der Waals surface area contributed by atoms with Crippen molar-refractivity contribution in [2.24, 2.45) is 0 Å². The summed E-state index contributed by atoms with van der Waals surface area (Å²) in [5, 5.41) is 19.9. The molecular formula is C10H10N2O3. The van der Waals surface area contributed by atoms with Gasteiger partial charge in [-0.1, -0.05) is 11.8 Å². The zero-order valence-electron chi connectivity index (χ0n) is 7.90. The van der Waals surface area contributed by atoms with Gasteiger partial charge >= 0.3 is 5.97 Å². The first-order valence-electron chi connectivity index (χ1n) is 4.24. The minimum Gasteiger partial charge on any atom is -0.477 e. The van der Waals surface area contributed by atoms with Crippen molar-refractivity contribution in [3.63, 3.8) is 0 Å². The highest BCUT2D eigenvalue weighted by atomic mass is 16.4. The molecule has 0 bridgehead atoms. The molecule has 3 N–H and O–H groups in total. The standard InChI is InChI=1S/C10H10N2O3/c13-6-2-1-4-11-8-3-5-12-9(7-8)10(14)15/h3,5,7,13H,4,6H2,(H,11,12)(H,14,15). The number of aromatic nitrogens is 1. The predicted octanol–water partition coefficient (Wildman–Crippen LogP) is 0.187. The molecule has 5 heteroatoms. The highest BCUT2D eigenvalue weighted by Crippen LogP contribution is 2.06. The molecule has 0 aromatic carbocycles. The van der Waals surface area contributed by atoms with E-state index in [1.165, 1.54) is 12.3 Å². The Morgan fingerprint density at radius 2 is 2.33 bits per heavy atom. The van der Waals surface area contributed by atoms with Gasteiger partial charge in [0.15, 0.2) is 0 Å². The Hall–Kier alpha value is -2.06. The normalized spacial score (nSPS) is 8.87. The smallest absolute Gasteiger partial charge is 0.354 e. The maximum Gasteiger partial charge on any atom is 0.354 e. The number of aromatic carboxylic acids is 1. The molecule has 0 aliphatic rings. The number of carboxylic acid groups (broad SMARTS) is 1. The minimum absolute atomic E-state index is 0.0184. The number of carboxylic acids is 1. The predicted molar refractivity (Wildman–Crippen MR) is 54.5 cm³/mol. The molecule has 0 aliphatic heterocycles. The third kappa shape index (κ3) is 3.67. The molecule has 5 nitrogen and oxygen atoms in total. The molecule has 0 spiro atoms. The molecule has 0 radical (unpaired) electrons. The van der Waals surface area contributed by atoms with E-state index in [0.29, 0.717) is 12.2 Å². The molecular weight excluding hydrogens is 196 g/mol. The lowest BCUT2D eigenvalue weighted by molar-refractivity contribution is 0.0690. The number of aliphatic hydroxyl groups excluding tert-OH is 1. The van der Waals surface area contributed by atoms with Crippen LogP contribution in [0.3, 0.4) is 0 Å². The molecule has 1 aromatic heterocycles. The number of aliphatic hydroxyl groups is 1. The van der Waals surface area contributed by atoms with Crippen LogP contribution >= 0.6 is 0 Å². The summed E-state index contributed by atoms with van der Waals surface area (Å²) in [7, 11) is 0. The highest BCUT2D eigenvalue weighted by molar-refractivity contribution is 5.86. The molecule has 1 heterocycles. The van der Waals surface area contributed by atoms with Gasteiger partial charge < -0.3 is 15.5 Å². The number of hydrogen-bond donors (Lipinski definition) is 3. The number of nitrogens with zero attached hydrogens (tertiary/aromatic N) is 1. The van der Waals surface area contributed by atoms with Crippen LogP contribution in [-0.4, -0.2) is 34.3 Å². The zero-order valence-corrected chi connectivity index (χ0v) is 7.90. The summed E-state index contributed by atoms with van der Waals surface area (Å²) < 4.78 is 0. The molecule has 78 valence electrons. The summed E-state index contributed by atoms with van der Waals surface area (Å²) in [4.78, 5) is 14.2. The Morgan fingerprint density at radius 3 is 3.00 bits per heavy atom. The maximum absolute atomic E-state index is 10.6. The quantitative estimate of drug-likeness (QED) is 0.615. The van der Waals surface area contributed by atoms with E-state index < -0.39 is 5.97 Å². The molecule has 1 rings (SSSR count). The SMILES string of the molecule is O=C(O)c1cc(NCC#CCO)ccn1. The van der Waals surface area contributed by atoms with Gasteiger partial charge in [-0.05, 0) is 12.1 Å². The van der Waals surface area contributed by atoms with E-state index >= 15 is 0 Å². The van der Waals surface area contributed by atoms with Gasteiger partial charge in [0, 0.05) is 11.9 Å². The van der Waals surface area contributed by atoms with E-state index in [9.17, 15) is 4.79 Å². The van der Waals surface area contributed by atoms with Crippen LogP contribution in [0, 0.1) is 11.8 Å². The molecule has 1 aromatic rings. The van der Waals surface area contributed by atoms with E-state index in [2.05, 4.69) is 22.1 Å². The largest absolute Gasteiger partial charge is 0.477 e. The molecule has 0 fully saturated rings. The number of hydrogen-bond acceptors (Lipinski definition) is 4. The number of carbonyl (C=O) groups is 1. The van der Waals surface area contributed by atoms with Crippen molar-refractivity contribution in [1.82, 2.24) is 4.98 Å². The third-order valence-corrected chi connectivity index (χ3v) is 1.56. The first-order valence-corrected chi connectivity index (χ1v) is 4.24. The second kappa shape index (κ2) is 5.62. The van der Waals surface area contributed by atoms with Gasteiger partial charge in [0.25, 0.3) is 0 Å². The Balaban J connectivity index is 2.62. The molecule has 0 saturated heterocycles. The number of anilines is 1. The second-order valence-corrected chi connectivity index (χ2v) is 2.60. The van der Waals surface area contributed by atoms with Gasteiger partial charge in [0.2, 0.25) is 0 Å². The van der Waals surface area contributed by atoms with Gasteiger partial charge in [0.1, 0.15) is 12.3 Å². The van der Waals surface area contributed by atoms with E-state index in [1.807, 2.05) is 0 Å². The van der Waals surface area contributed by atoms with Crippen molar-refractivity contribution in [2.75, 3.05) is 18.5 Å². The Labute approximate surface area is 86.8 Å². The van der Waals surface area contributed by atoms with Crippen LogP contribution in [0.2, 0.25) is 0 Å². The average molecular weight is 206 g/mol. The monoisotopic (exact) mass is 206 g/mol. The van der Waals surface area contributed by atoms with E-state index in [0.717, 1.165) is 0 Å². The third-order valence-electron chi connectivity index (χ3n) is 1.56. The summed E-state index contributed by atoms with van der Waals surface area (Å²) in [6, 6.07) is 3.07. The van der Waals surface area contributed by atoms with Crippen molar-refractivity contribution in [3.05, 3.63) is 24.0 Å². The van der Waals surface area contributed by atoms with Gasteiger partial charge in [-0.15, -0.1) is 0 Å². The molecule has 0 atom stereocenters. The zero-order chi connectivity index (χ0) is 11.1. The van der Waals surface area contributed by atoms with Crippen LogP contribution in [-0.2, 0) is 0 Å². The first-order chi connectivity index (χ1) is 7.24. The maximum atomic E-state index is 10.6. The van der Waals surface area contributed by atoms with Crippen LogP contribution in [0.1, 0.15) is 10.5 Å². The van der Waals surface area contributed by atoms with Gasteiger partial charge in [-0.3, -0.25) is 0 Å². The van der Waals surface area contributed by atoms with Crippen LogP contribution in [0.5, 0.6) is 0 Å². The van der Waals surface area contributed by atoms with Crippen LogP contribution in [0.15, 0.2) is 18.3 Å². The lowest BCUT2D eigenvalue weighted by Crippen LogP contribution is -2.03. The van der Waals surface area contributed by atoms with Crippen molar-refractivity contribution in [1.29, 1.82) is 0 Å². The fourth-order valence-corrected chi connectivity index (χ4v) is 0.922. The van der Waals surface area contributed by atoms with E-state index in [4.69, 9.17) is 10.2 Å². The lowest BCUT2D eigenvalue weighted by atomic mass is 10.3. The van der Waals surface area contributed by atoms with Crippen LogP contribution in [0.4, 0.5) is 5.69 Å². The van der Waals surface area contributed by atoms with Crippen molar-refractivity contribution in [3.8, 4) is 11.8 Å². The summed E-state index contributed by atoms with van der Waals surface area (Å²) in [5.74, 6) is 4.05. The van der Waals surface area contributed by atoms with Gasteiger partial charge in [-0.25, -0.2) is 9.78 Å². The lowest BCUT2D eigenvalue weighted by Gasteiger charge is -2.01. The summed E-state index contributed by atoms with van der Waals surface area (Å²) in [6.07, 6.45) is 1.41. The first kappa shape index (κ1) is 11.0. The van der Waals surface area contributed by atoms with Crippen LogP contribution < -0.4 is 5.32 Å². The van der Waals surface area contributed by atoms with Gasteiger partial charge in [-0.2, -0.15) is 0 Å². The Kier molecular flexibility index (Phi) is 4.13. The van der Waals surface area contributed by atoms with Crippen molar-refractivity contribution < 1.29 is 15.0 Å². The molecule has 0 aliphatic carbocycles. The van der Waals surface area contributed by atoms with Crippen molar-refractivity contribution in [2.45, 2.75) is 0 Å². The minimum atomic E-state index is -1.07. The van der Waals surface area contributed by atoms with Crippen molar-refractivity contribution >= 4 is 11.7 Å².